The van der Waals surface area contributed by atoms with Crippen LogP contribution < -0.4 is 4.90 Å². The van der Waals surface area contributed by atoms with Crippen molar-refractivity contribution in [2.45, 2.75) is 13.0 Å². The summed E-state index contributed by atoms with van der Waals surface area (Å²) in [5.74, 6) is -0.368. The third-order valence-electron chi connectivity index (χ3n) is 2.84. The monoisotopic (exact) mass is 296 g/mol. The Hall–Kier alpha value is -1.99. The molecule has 2 rings (SSSR count). The van der Waals surface area contributed by atoms with Crippen LogP contribution in [0, 0.1) is 15.9 Å². The smallest absolute Gasteiger partial charge is 0.304 e. The van der Waals surface area contributed by atoms with Crippen LogP contribution in [-0.4, -0.2) is 17.1 Å². The molecule has 0 amide bonds. The van der Waals surface area contributed by atoms with E-state index in [0.717, 1.165) is 11.3 Å². The van der Waals surface area contributed by atoms with Crippen molar-refractivity contribution in [1.82, 2.24) is 0 Å². The molecule has 0 spiro atoms. The van der Waals surface area contributed by atoms with Gasteiger partial charge < -0.3 is 10.0 Å². The molecule has 20 heavy (non-hydrogen) atoms. The van der Waals surface area contributed by atoms with Crippen molar-refractivity contribution in [2.24, 2.45) is 0 Å². The second-order valence-corrected chi connectivity index (χ2v) is 5.37. The highest BCUT2D eigenvalue weighted by atomic mass is 32.1. The minimum Gasteiger partial charge on any atom is -0.388 e. The minimum absolute atomic E-state index is 0.0716. The molecule has 0 aliphatic heterocycles. The van der Waals surface area contributed by atoms with Crippen LogP contribution in [0.1, 0.15) is 17.9 Å². The van der Waals surface area contributed by atoms with Gasteiger partial charge in [0, 0.05) is 23.7 Å². The fraction of sp³-hybridized carbons (Fsp3) is 0.231. The van der Waals surface area contributed by atoms with Crippen LogP contribution in [0.4, 0.5) is 20.8 Å². The lowest BCUT2D eigenvalue weighted by Crippen LogP contribution is -2.09. The summed E-state index contributed by atoms with van der Waals surface area (Å²) in [7, 11) is 1.66. The lowest BCUT2D eigenvalue weighted by atomic mass is 10.3. The molecule has 2 aromatic rings. The van der Waals surface area contributed by atoms with Crippen molar-refractivity contribution in [1.29, 1.82) is 0 Å². The number of aliphatic hydroxyl groups is 1. The van der Waals surface area contributed by atoms with Gasteiger partial charge in [0.15, 0.2) is 5.00 Å². The Kier molecular flexibility index (Phi) is 4.01. The predicted octanol–water partition coefficient (Wildman–Crippen LogP) is 3.62. The van der Waals surface area contributed by atoms with Crippen LogP contribution in [0.2, 0.25) is 0 Å². The molecule has 0 aliphatic carbocycles. The lowest BCUT2D eigenvalue weighted by Gasteiger charge is -2.16. The molecule has 1 heterocycles. The van der Waals surface area contributed by atoms with Crippen LogP contribution in [0.15, 0.2) is 30.3 Å². The maximum Gasteiger partial charge on any atom is 0.304 e. The fourth-order valence-corrected chi connectivity index (χ4v) is 2.79. The van der Waals surface area contributed by atoms with Crippen LogP contribution in [0.3, 0.4) is 0 Å². The van der Waals surface area contributed by atoms with Crippen molar-refractivity contribution >= 4 is 27.7 Å². The van der Waals surface area contributed by atoms with Crippen molar-refractivity contribution < 1.29 is 14.4 Å². The first-order chi connectivity index (χ1) is 9.40. The highest BCUT2D eigenvalue weighted by molar-refractivity contribution is 7.16. The van der Waals surface area contributed by atoms with Gasteiger partial charge in [-0.3, -0.25) is 10.1 Å². The molecule has 1 aromatic heterocycles. The third kappa shape index (κ3) is 2.78. The quantitative estimate of drug-likeness (QED) is 0.691. The van der Waals surface area contributed by atoms with Crippen molar-refractivity contribution in [3.63, 3.8) is 0 Å². The van der Waals surface area contributed by atoms with E-state index in [-0.39, 0.29) is 11.5 Å². The molecule has 1 atom stereocenters. The molecule has 7 heteroatoms. The van der Waals surface area contributed by atoms with Crippen molar-refractivity contribution in [3.05, 3.63) is 51.1 Å². The van der Waals surface area contributed by atoms with E-state index in [2.05, 4.69) is 0 Å². The number of hydrogen-bond acceptors (Lipinski definition) is 5. The van der Waals surface area contributed by atoms with E-state index >= 15 is 0 Å². The van der Waals surface area contributed by atoms with Gasteiger partial charge in [0.1, 0.15) is 5.82 Å². The SMILES string of the molecule is CC(O)c1cc([N+](=O)[O-])c(N(C)c2ccc(F)cc2)s1. The first-order valence-corrected chi connectivity index (χ1v) is 6.67. The van der Waals surface area contributed by atoms with Gasteiger partial charge in [-0.25, -0.2) is 4.39 Å². The van der Waals surface area contributed by atoms with Gasteiger partial charge in [-0.15, -0.1) is 11.3 Å². The number of halogens is 1. The number of aliphatic hydroxyl groups excluding tert-OH is 1. The van der Waals surface area contributed by atoms with Crippen molar-refractivity contribution in [3.8, 4) is 0 Å². The lowest BCUT2D eigenvalue weighted by molar-refractivity contribution is -0.383. The highest BCUT2D eigenvalue weighted by Gasteiger charge is 2.24. The second-order valence-electron chi connectivity index (χ2n) is 4.31. The molecule has 0 aliphatic rings. The molecule has 1 unspecified atom stereocenters. The van der Waals surface area contributed by atoms with E-state index in [1.807, 2.05) is 0 Å². The average molecular weight is 296 g/mol. The Morgan fingerprint density at radius 3 is 2.50 bits per heavy atom. The molecule has 5 nitrogen and oxygen atoms in total. The predicted molar refractivity (Wildman–Crippen MR) is 76.1 cm³/mol. The number of benzene rings is 1. The van der Waals surface area contributed by atoms with Crippen LogP contribution in [0.25, 0.3) is 0 Å². The molecule has 0 saturated heterocycles. The van der Waals surface area contributed by atoms with E-state index < -0.39 is 11.0 Å². The second kappa shape index (κ2) is 5.56. The number of thiophene rings is 1. The summed E-state index contributed by atoms with van der Waals surface area (Å²) in [4.78, 5) is 12.7. The molecule has 0 fully saturated rings. The molecule has 1 N–H and O–H groups in total. The summed E-state index contributed by atoms with van der Waals surface area (Å²) in [5.41, 5.74) is 0.561. The van der Waals surface area contributed by atoms with Gasteiger partial charge in [-0.05, 0) is 31.2 Å². The molecular weight excluding hydrogens is 283 g/mol. The van der Waals surface area contributed by atoms with E-state index in [1.54, 1.807) is 31.0 Å². The van der Waals surface area contributed by atoms with Crippen molar-refractivity contribution in [2.75, 3.05) is 11.9 Å². The zero-order valence-corrected chi connectivity index (χ0v) is 11.7. The zero-order chi connectivity index (χ0) is 14.9. The molecule has 0 bridgehead atoms. The maximum absolute atomic E-state index is 12.9. The topological polar surface area (TPSA) is 66.6 Å². The first-order valence-electron chi connectivity index (χ1n) is 5.85. The number of nitrogens with zero attached hydrogens (tertiary/aromatic N) is 2. The molecule has 0 saturated carbocycles. The van der Waals surface area contributed by atoms with Gasteiger partial charge in [0.25, 0.3) is 0 Å². The van der Waals surface area contributed by atoms with E-state index in [0.29, 0.717) is 15.6 Å². The zero-order valence-electron chi connectivity index (χ0n) is 10.9. The molecule has 1 aromatic carbocycles. The summed E-state index contributed by atoms with van der Waals surface area (Å²) >= 11 is 1.14. The Morgan fingerprint density at radius 2 is 2.00 bits per heavy atom. The number of nitro groups is 1. The van der Waals surface area contributed by atoms with E-state index in [4.69, 9.17) is 0 Å². The van der Waals surface area contributed by atoms with Crippen LogP contribution in [0.5, 0.6) is 0 Å². The van der Waals surface area contributed by atoms with Crippen LogP contribution >= 0.6 is 11.3 Å². The van der Waals surface area contributed by atoms with Gasteiger partial charge >= 0.3 is 5.69 Å². The van der Waals surface area contributed by atoms with Gasteiger partial charge in [0.05, 0.1) is 11.0 Å². The first kappa shape index (κ1) is 14.4. The Labute approximate surface area is 119 Å². The third-order valence-corrected chi connectivity index (χ3v) is 4.21. The van der Waals surface area contributed by atoms with E-state index in [1.165, 1.54) is 18.2 Å². The minimum atomic E-state index is -0.769. The normalized spacial score (nSPS) is 12.2. The largest absolute Gasteiger partial charge is 0.388 e. The summed E-state index contributed by atoms with van der Waals surface area (Å²) in [6, 6.07) is 7.04. The Bertz CT molecular complexity index is 625. The number of hydrogen-bond donors (Lipinski definition) is 1. The number of anilines is 2. The standard InChI is InChI=1S/C13H13FN2O3S/c1-8(17)12-7-11(16(18)19)13(20-12)15(2)10-5-3-9(14)4-6-10/h3-8,17H,1-2H3. The molecule has 106 valence electrons. The van der Waals surface area contributed by atoms with E-state index in [9.17, 15) is 19.6 Å². The Morgan fingerprint density at radius 1 is 1.40 bits per heavy atom. The summed E-state index contributed by atoms with van der Waals surface area (Å²) in [6.45, 7) is 1.55. The average Bonchev–Trinajstić information content (AvgIpc) is 2.84. The fourth-order valence-electron chi connectivity index (χ4n) is 1.75. The highest BCUT2D eigenvalue weighted by Crippen LogP contribution is 2.42. The molecule has 0 radical (unpaired) electrons. The van der Waals surface area contributed by atoms with Gasteiger partial charge in [-0.2, -0.15) is 0 Å². The maximum atomic E-state index is 12.9. The Balaban J connectivity index is 2.45. The summed E-state index contributed by atoms with van der Waals surface area (Å²) in [5, 5.41) is 21.0. The summed E-state index contributed by atoms with van der Waals surface area (Å²) < 4.78 is 12.9. The molecular formula is C13H13FN2O3S. The number of rotatable bonds is 4. The van der Waals surface area contributed by atoms with Crippen LogP contribution in [-0.2, 0) is 0 Å². The van der Waals surface area contributed by atoms with Gasteiger partial charge in [0.2, 0.25) is 0 Å². The summed E-state index contributed by atoms with van der Waals surface area (Å²) in [6.07, 6.45) is -0.769. The van der Waals surface area contributed by atoms with Gasteiger partial charge in [-0.1, -0.05) is 0 Å².